The third-order valence-corrected chi connectivity index (χ3v) is 6.75. The van der Waals surface area contributed by atoms with E-state index in [1.165, 1.54) is 11.1 Å². The molecular weight excluding hydrogens is 430 g/mol. The van der Waals surface area contributed by atoms with E-state index in [2.05, 4.69) is 52.2 Å². The van der Waals surface area contributed by atoms with Gasteiger partial charge in [0.2, 0.25) is 5.75 Å². The van der Waals surface area contributed by atoms with Crippen molar-refractivity contribution in [3.63, 3.8) is 0 Å². The molecule has 2 radical (unpaired) electrons. The molecule has 2 aromatic carbocycles. The molecule has 7 nitrogen and oxygen atoms in total. The largest absolute Gasteiger partial charge is 0.493 e. The van der Waals surface area contributed by atoms with Crippen molar-refractivity contribution in [2.75, 3.05) is 60.6 Å². The summed E-state index contributed by atoms with van der Waals surface area (Å²) in [6, 6.07) is 12.1. The highest BCUT2D eigenvalue weighted by Crippen LogP contribution is 2.38. The number of piperidine rings is 1. The Kier molecular flexibility index (Phi) is 8.29. The van der Waals surface area contributed by atoms with Crippen LogP contribution in [0, 0.1) is 12.8 Å². The third kappa shape index (κ3) is 5.47. The number of hydrogen-bond acceptors (Lipinski definition) is 6. The number of amides is 1. The quantitative estimate of drug-likeness (QED) is 0.614. The van der Waals surface area contributed by atoms with Crippen LogP contribution in [0.4, 0.5) is 0 Å². The van der Waals surface area contributed by atoms with Crippen molar-refractivity contribution in [3.8, 4) is 17.2 Å². The fourth-order valence-corrected chi connectivity index (χ4v) is 4.88. The zero-order valence-corrected chi connectivity index (χ0v) is 20.4. The Morgan fingerprint density at radius 3 is 2.44 bits per heavy atom. The van der Waals surface area contributed by atoms with E-state index in [0.717, 1.165) is 45.6 Å². The van der Waals surface area contributed by atoms with Gasteiger partial charge in [0.15, 0.2) is 11.5 Å². The maximum atomic E-state index is 13.1. The molecule has 7 heteroatoms. The number of likely N-dealkylation sites (tertiary alicyclic amines) is 1. The lowest BCUT2D eigenvalue weighted by atomic mass is 9.92. The third-order valence-electron chi connectivity index (χ3n) is 6.75. The highest BCUT2D eigenvalue weighted by Gasteiger charge is 2.28. The van der Waals surface area contributed by atoms with Gasteiger partial charge in [0.1, 0.15) is 0 Å². The van der Waals surface area contributed by atoms with E-state index in [-0.39, 0.29) is 11.9 Å². The van der Waals surface area contributed by atoms with Gasteiger partial charge >= 0.3 is 0 Å². The minimum absolute atomic E-state index is 0.135. The van der Waals surface area contributed by atoms with Crippen molar-refractivity contribution in [3.05, 3.63) is 65.9 Å². The molecule has 0 saturated carbocycles. The van der Waals surface area contributed by atoms with Gasteiger partial charge in [0, 0.05) is 38.3 Å². The first kappa shape index (κ1) is 24.4. The minimum Gasteiger partial charge on any atom is -0.493 e. The normalized spacial score (nSPS) is 18.7. The predicted molar refractivity (Wildman–Crippen MR) is 133 cm³/mol. The molecule has 182 valence electrons. The number of carbonyl (C=O) groups is 1. The van der Waals surface area contributed by atoms with E-state index < -0.39 is 0 Å². The lowest BCUT2D eigenvalue weighted by molar-refractivity contribution is 0.0921. The van der Waals surface area contributed by atoms with E-state index >= 15 is 0 Å². The molecule has 1 amide bonds. The van der Waals surface area contributed by atoms with E-state index in [1.807, 2.05) is 0 Å². The van der Waals surface area contributed by atoms with Crippen LogP contribution in [0.25, 0.3) is 0 Å². The number of ether oxygens (including phenoxy) is 3. The van der Waals surface area contributed by atoms with E-state index in [1.54, 1.807) is 33.5 Å². The molecule has 0 spiro atoms. The fraction of sp³-hybridized carbons (Fsp3) is 0.444. The van der Waals surface area contributed by atoms with E-state index in [9.17, 15) is 4.79 Å². The van der Waals surface area contributed by atoms with Crippen LogP contribution in [0.3, 0.4) is 0 Å². The standard InChI is InChI=1S/C27H35N3O4/c1-32-24-17-21(18-25(33-2)26(24)34-3)27(31)28-19-23-22-10-6-5-9-20(22)11-14-30(23)16-15-29-12-7-4-8-13-29/h4-7,9-10,17-18,23H,8,11-16,19H2,1-3H3,(H,28,31). The predicted octanol–water partition coefficient (Wildman–Crippen LogP) is 3.16. The second kappa shape index (κ2) is 11.6. The average Bonchev–Trinajstić information content (AvgIpc) is 2.90. The molecule has 2 aliphatic heterocycles. The molecule has 1 saturated heterocycles. The summed E-state index contributed by atoms with van der Waals surface area (Å²) >= 11 is 0. The number of fused-ring (bicyclic) bond motifs is 1. The Labute approximate surface area is 203 Å². The Balaban J connectivity index is 1.48. The first-order valence-corrected chi connectivity index (χ1v) is 11.9. The van der Waals surface area contributed by atoms with Crippen molar-refractivity contribution >= 4 is 5.91 Å². The van der Waals surface area contributed by atoms with Crippen molar-refractivity contribution in [2.24, 2.45) is 0 Å². The SMILES string of the molecule is COc1cc(C(=O)NCC2c3ccccc3CCN2CCN2C[CH][CH]CC2)cc(OC)c1OC. The molecule has 0 bridgehead atoms. The van der Waals surface area contributed by atoms with Crippen LogP contribution in [0.1, 0.15) is 33.9 Å². The van der Waals surface area contributed by atoms with Crippen LogP contribution >= 0.6 is 0 Å². The molecular formula is C27H35N3O4. The van der Waals surface area contributed by atoms with Gasteiger partial charge in [-0.15, -0.1) is 0 Å². The topological polar surface area (TPSA) is 63.3 Å². The van der Waals surface area contributed by atoms with Gasteiger partial charge in [-0.1, -0.05) is 24.3 Å². The van der Waals surface area contributed by atoms with Gasteiger partial charge in [-0.05, 0) is 55.5 Å². The fourth-order valence-electron chi connectivity index (χ4n) is 4.88. The molecule has 1 N–H and O–H groups in total. The summed E-state index contributed by atoms with van der Waals surface area (Å²) in [5, 5.41) is 3.16. The van der Waals surface area contributed by atoms with Gasteiger partial charge in [0.25, 0.3) is 5.91 Å². The van der Waals surface area contributed by atoms with Gasteiger partial charge in [-0.2, -0.15) is 0 Å². The summed E-state index contributed by atoms with van der Waals surface area (Å²) in [6.45, 7) is 5.67. The van der Waals surface area contributed by atoms with Gasteiger partial charge < -0.3 is 24.4 Å². The summed E-state index contributed by atoms with van der Waals surface area (Å²) in [7, 11) is 4.65. The monoisotopic (exact) mass is 465 g/mol. The summed E-state index contributed by atoms with van der Waals surface area (Å²) in [5.41, 5.74) is 3.15. The van der Waals surface area contributed by atoms with E-state index in [4.69, 9.17) is 14.2 Å². The molecule has 4 rings (SSSR count). The number of hydrogen-bond donors (Lipinski definition) is 1. The first-order valence-electron chi connectivity index (χ1n) is 11.9. The number of carbonyl (C=O) groups excluding carboxylic acids is 1. The number of methoxy groups -OCH3 is 3. The number of benzene rings is 2. The molecule has 1 atom stereocenters. The summed E-state index contributed by atoms with van der Waals surface area (Å²) in [6.07, 6.45) is 6.67. The van der Waals surface area contributed by atoms with Crippen LogP contribution in [0.2, 0.25) is 0 Å². The molecule has 2 aliphatic rings. The van der Waals surface area contributed by atoms with Crippen molar-refractivity contribution in [1.82, 2.24) is 15.1 Å². The maximum absolute atomic E-state index is 13.1. The van der Waals surface area contributed by atoms with Crippen LogP contribution in [0.5, 0.6) is 17.2 Å². The van der Waals surface area contributed by atoms with Gasteiger partial charge in [-0.25, -0.2) is 0 Å². The summed E-state index contributed by atoms with van der Waals surface area (Å²) in [5.74, 6) is 1.24. The van der Waals surface area contributed by atoms with E-state index in [0.29, 0.717) is 29.4 Å². The summed E-state index contributed by atoms with van der Waals surface area (Å²) in [4.78, 5) is 18.2. The first-order chi connectivity index (χ1) is 16.6. The lowest BCUT2D eigenvalue weighted by Gasteiger charge is -2.39. The zero-order chi connectivity index (χ0) is 23.9. The van der Waals surface area contributed by atoms with Crippen molar-refractivity contribution in [2.45, 2.75) is 18.9 Å². The Morgan fingerprint density at radius 2 is 1.76 bits per heavy atom. The molecule has 1 fully saturated rings. The molecule has 0 aliphatic carbocycles. The second-order valence-corrected chi connectivity index (χ2v) is 8.69. The Hall–Kier alpha value is -2.77. The number of nitrogens with one attached hydrogen (secondary N) is 1. The highest BCUT2D eigenvalue weighted by atomic mass is 16.5. The molecule has 2 aromatic rings. The van der Waals surface area contributed by atoms with Crippen LogP contribution < -0.4 is 19.5 Å². The van der Waals surface area contributed by atoms with Gasteiger partial charge in [0.05, 0.1) is 27.4 Å². The maximum Gasteiger partial charge on any atom is 0.251 e. The molecule has 1 unspecified atom stereocenters. The smallest absolute Gasteiger partial charge is 0.251 e. The summed E-state index contributed by atoms with van der Waals surface area (Å²) < 4.78 is 16.2. The van der Waals surface area contributed by atoms with Gasteiger partial charge in [-0.3, -0.25) is 9.69 Å². The van der Waals surface area contributed by atoms with Crippen LogP contribution in [0.15, 0.2) is 36.4 Å². The number of nitrogens with zero attached hydrogens (tertiary/aromatic N) is 2. The second-order valence-electron chi connectivity index (χ2n) is 8.69. The van der Waals surface area contributed by atoms with Crippen LogP contribution in [-0.2, 0) is 6.42 Å². The average molecular weight is 466 g/mol. The van der Waals surface area contributed by atoms with Crippen molar-refractivity contribution < 1.29 is 19.0 Å². The molecule has 34 heavy (non-hydrogen) atoms. The molecule has 0 aromatic heterocycles. The highest BCUT2D eigenvalue weighted by molar-refractivity contribution is 5.95. The zero-order valence-electron chi connectivity index (χ0n) is 20.4. The Morgan fingerprint density at radius 1 is 1.00 bits per heavy atom. The van der Waals surface area contributed by atoms with Crippen LogP contribution in [-0.4, -0.2) is 76.3 Å². The minimum atomic E-state index is -0.163. The lowest BCUT2D eigenvalue weighted by Crippen LogP contribution is -2.45. The van der Waals surface area contributed by atoms with Crippen molar-refractivity contribution in [1.29, 1.82) is 0 Å². The Bertz CT molecular complexity index is 949. The number of rotatable bonds is 9. The molecule has 2 heterocycles.